The van der Waals surface area contributed by atoms with Gasteiger partial charge in [0.15, 0.2) is 0 Å². The molecule has 0 bridgehead atoms. The van der Waals surface area contributed by atoms with E-state index in [9.17, 15) is 26.0 Å². The molecule has 0 N–H and O–H groups in total. The fraction of sp³-hybridized carbons (Fsp3) is 0.667. The first kappa shape index (κ1) is 21.3. The van der Waals surface area contributed by atoms with Crippen molar-refractivity contribution >= 4 is 15.5 Å². The van der Waals surface area contributed by atoms with Gasteiger partial charge >= 0.3 is 5.51 Å². The molecule has 0 aromatic heterocycles. The number of likely N-dealkylation sites (N-methyl/N-ethyl adjacent to an activating group) is 1. The Kier molecular flexibility index (Phi) is 6.21. The predicted octanol–water partition coefficient (Wildman–Crippen LogP) is 2.58. The fourth-order valence-corrected chi connectivity index (χ4v) is 4.83. The molecular formula is C18H25F4N3O2S. The minimum atomic E-state index is -5.61. The number of nitrogens with zero attached hydrogens (tertiary/aromatic N) is 3. The largest absolute Gasteiger partial charge is 0.501 e. The first-order valence-electron chi connectivity index (χ1n) is 9.34. The molecule has 1 aromatic rings. The average molecular weight is 423 g/mol. The molecule has 3 rings (SSSR count). The van der Waals surface area contributed by atoms with Gasteiger partial charge in [0.1, 0.15) is 10.7 Å². The maximum atomic E-state index is 13.5. The normalized spacial score (nSPS) is 21.2. The van der Waals surface area contributed by atoms with E-state index in [4.69, 9.17) is 0 Å². The summed E-state index contributed by atoms with van der Waals surface area (Å²) < 4.78 is 76.3. The minimum Gasteiger partial charge on any atom is -0.370 e. The summed E-state index contributed by atoms with van der Waals surface area (Å²) in [5.74, 6) is -0.584. The van der Waals surface area contributed by atoms with Crippen LogP contribution < -0.4 is 4.90 Å². The Hall–Kier alpha value is -1.39. The first-order valence-corrected chi connectivity index (χ1v) is 10.8. The van der Waals surface area contributed by atoms with Crippen LogP contribution in [0.15, 0.2) is 23.1 Å². The third kappa shape index (κ3) is 4.60. The Morgan fingerprint density at radius 3 is 2.21 bits per heavy atom. The van der Waals surface area contributed by atoms with Crippen LogP contribution in [-0.4, -0.2) is 76.6 Å². The van der Waals surface area contributed by atoms with Gasteiger partial charge in [-0.25, -0.2) is 12.8 Å². The predicted molar refractivity (Wildman–Crippen MR) is 98.5 cm³/mol. The zero-order valence-electron chi connectivity index (χ0n) is 15.8. The fourth-order valence-electron chi connectivity index (χ4n) is 3.84. The zero-order chi connectivity index (χ0) is 20.5. The summed E-state index contributed by atoms with van der Waals surface area (Å²) in [7, 11) is -3.53. The number of anilines is 1. The quantitative estimate of drug-likeness (QED) is 0.697. The lowest BCUT2D eigenvalue weighted by molar-refractivity contribution is -0.0435. The molecule has 0 amide bonds. The van der Waals surface area contributed by atoms with E-state index in [-0.39, 0.29) is 5.69 Å². The lowest BCUT2D eigenvalue weighted by Gasteiger charge is -2.39. The van der Waals surface area contributed by atoms with Crippen molar-refractivity contribution in [1.82, 2.24) is 9.80 Å². The van der Waals surface area contributed by atoms with Gasteiger partial charge in [-0.3, -0.25) is 0 Å². The molecule has 0 aliphatic carbocycles. The maximum Gasteiger partial charge on any atom is 0.501 e. The highest BCUT2D eigenvalue weighted by Crippen LogP contribution is 2.37. The standard InChI is InChI=1S/C18H25F4N3O2S/c1-23-8-10-24(11-9-23)13-14-4-6-25(7-5-14)16-3-2-15(19)12-17(16)28(26,27)18(20,21)22/h2-3,12,14H,4-11,13H2,1H3. The molecule has 2 aliphatic heterocycles. The minimum absolute atomic E-state index is 0.0724. The van der Waals surface area contributed by atoms with Crippen molar-refractivity contribution in [3.8, 4) is 0 Å². The summed E-state index contributed by atoms with van der Waals surface area (Å²) in [6.45, 7) is 5.89. The lowest BCUT2D eigenvalue weighted by Crippen LogP contribution is -2.47. The Labute approximate surface area is 162 Å². The van der Waals surface area contributed by atoms with Gasteiger partial charge in [-0.2, -0.15) is 13.2 Å². The second-order valence-corrected chi connectivity index (χ2v) is 9.51. The maximum absolute atomic E-state index is 13.5. The second kappa shape index (κ2) is 8.16. The van der Waals surface area contributed by atoms with Crippen LogP contribution in [-0.2, 0) is 9.84 Å². The van der Waals surface area contributed by atoms with Gasteiger partial charge in [0.2, 0.25) is 0 Å². The van der Waals surface area contributed by atoms with Crippen molar-refractivity contribution in [2.75, 3.05) is 57.8 Å². The molecule has 2 aliphatic rings. The Morgan fingerprint density at radius 1 is 1.04 bits per heavy atom. The van der Waals surface area contributed by atoms with Gasteiger partial charge in [0, 0.05) is 45.8 Å². The molecule has 2 fully saturated rings. The van der Waals surface area contributed by atoms with Crippen LogP contribution in [0.3, 0.4) is 0 Å². The lowest BCUT2D eigenvalue weighted by atomic mass is 9.95. The zero-order valence-corrected chi connectivity index (χ0v) is 16.6. The highest BCUT2D eigenvalue weighted by atomic mass is 32.2. The van der Waals surface area contributed by atoms with Gasteiger partial charge in [0.05, 0.1) is 5.69 Å². The molecule has 158 valence electrons. The van der Waals surface area contributed by atoms with E-state index in [0.29, 0.717) is 25.1 Å². The van der Waals surface area contributed by atoms with Gasteiger partial charge in [0.25, 0.3) is 9.84 Å². The van der Waals surface area contributed by atoms with E-state index in [1.165, 1.54) is 0 Å². The SMILES string of the molecule is CN1CCN(CC2CCN(c3ccc(F)cc3S(=O)(=O)C(F)(F)F)CC2)CC1. The van der Waals surface area contributed by atoms with E-state index in [1.54, 1.807) is 4.90 Å². The second-order valence-electron chi connectivity index (χ2n) is 7.60. The summed E-state index contributed by atoms with van der Waals surface area (Å²) in [6, 6.07) is 2.60. The van der Waals surface area contributed by atoms with E-state index in [1.807, 2.05) is 0 Å². The molecule has 1 aromatic carbocycles. The number of halogens is 4. The monoisotopic (exact) mass is 423 g/mol. The molecule has 5 nitrogen and oxygen atoms in total. The number of benzene rings is 1. The van der Waals surface area contributed by atoms with Gasteiger partial charge < -0.3 is 14.7 Å². The number of rotatable bonds is 4. The van der Waals surface area contributed by atoms with Crippen LogP contribution in [0.1, 0.15) is 12.8 Å². The molecule has 0 atom stereocenters. The van der Waals surface area contributed by atoms with Crippen LogP contribution in [0.2, 0.25) is 0 Å². The molecule has 28 heavy (non-hydrogen) atoms. The molecule has 10 heteroatoms. The smallest absolute Gasteiger partial charge is 0.370 e. The third-order valence-electron chi connectivity index (χ3n) is 5.58. The molecule has 0 unspecified atom stereocenters. The van der Waals surface area contributed by atoms with Crippen LogP contribution in [0.5, 0.6) is 0 Å². The highest BCUT2D eigenvalue weighted by molar-refractivity contribution is 7.92. The number of piperidine rings is 1. The van der Waals surface area contributed by atoms with Crippen molar-refractivity contribution in [2.24, 2.45) is 5.92 Å². The van der Waals surface area contributed by atoms with Crippen molar-refractivity contribution in [1.29, 1.82) is 0 Å². The molecule has 2 saturated heterocycles. The summed E-state index contributed by atoms with van der Waals surface area (Å²) >= 11 is 0. The summed E-state index contributed by atoms with van der Waals surface area (Å²) in [5, 5.41) is 0. The van der Waals surface area contributed by atoms with Crippen LogP contribution in [0, 0.1) is 11.7 Å². The Balaban J connectivity index is 1.69. The van der Waals surface area contributed by atoms with Crippen LogP contribution in [0.25, 0.3) is 0 Å². The van der Waals surface area contributed by atoms with Crippen LogP contribution in [0.4, 0.5) is 23.2 Å². The third-order valence-corrected chi connectivity index (χ3v) is 7.10. The average Bonchev–Trinajstić information content (AvgIpc) is 2.63. The number of sulfone groups is 1. The number of hydrogen-bond donors (Lipinski definition) is 0. The van der Waals surface area contributed by atoms with E-state index in [0.717, 1.165) is 57.7 Å². The molecule has 0 saturated carbocycles. The van der Waals surface area contributed by atoms with Crippen molar-refractivity contribution in [3.05, 3.63) is 24.0 Å². The summed E-state index contributed by atoms with van der Waals surface area (Å²) in [5.41, 5.74) is -5.54. The Morgan fingerprint density at radius 2 is 1.64 bits per heavy atom. The number of hydrogen-bond acceptors (Lipinski definition) is 5. The first-order chi connectivity index (χ1) is 13.1. The number of piperazine rings is 1. The van der Waals surface area contributed by atoms with Gasteiger partial charge in [-0.1, -0.05) is 0 Å². The topological polar surface area (TPSA) is 43.9 Å². The van der Waals surface area contributed by atoms with E-state index >= 15 is 0 Å². The van der Waals surface area contributed by atoms with Crippen molar-refractivity contribution in [3.63, 3.8) is 0 Å². The summed E-state index contributed by atoms with van der Waals surface area (Å²) in [4.78, 5) is 5.30. The molecule has 0 radical (unpaired) electrons. The molecule has 2 heterocycles. The van der Waals surface area contributed by atoms with Crippen molar-refractivity contribution < 1.29 is 26.0 Å². The van der Waals surface area contributed by atoms with Crippen molar-refractivity contribution in [2.45, 2.75) is 23.2 Å². The van der Waals surface area contributed by atoms with Gasteiger partial charge in [-0.15, -0.1) is 0 Å². The molecule has 0 spiro atoms. The number of alkyl halides is 3. The van der Waals surface area contributed by atoms with E-state index in [2.05, 4.69) is 16.8 Å². The summed E-state index contributed by atoms with van der Waals surface area (Å²) in [6.07, 6.45) is 1.52. The van der Waals surface area contributed by atoms with Gasteiger partial charge in [-0.05, 0) is 44.0 Å². The van der Waals surface area contributed by atoms with Crippen LogP contribution >= 0.6 is 0 Å². The highest BCUT2D eigenvalue weighted by Gasteiger charge is 2.48. The molecular weight excluding hydrogens is 398 g/mol. The Bertz CT molecular complexity index is 785. The van der Waals surface area contributed by atoms with E-state index < -0.39 is 26.1 Å².